The maximum absolute atomic E-state index is 13.1. The van der Waals surface area contributed by atoms with Crippen LogP contribution in [-0.4, -0.2) is 40.8 Å². The van der Waals surface area contributed by atoms with E-state index >= 15 is 0 Å². The molecule has 1 amide bonds. The van der Waals surface area contributed by atoms with Crippen LogP contribution in [0.5, 0.6) is 0 Å². The van der Waals surface area contributed by atoms with Gasteiger partial charge < -0.3 is 10.1 Å². The second-order valence-corrected chi connectivity index (χ2v) is 8.30. The molecule has 0 spiro atoms. The first-order valence-electron chi connectivity index (χ1n) is 8.18. The Kier molecular flexibility index (Phi) is 6.65. The van der Waals surface area contributed by atoms with Crippen LogP contribution in [-0.2, 0) is 20.9 Å². The Morgan fingerprint density at radius 2 is 2.25 bits per heavy atom. The molecule has 0 radical (unpaired) electrons. The summed E-state index contributed by atoms with van der Waals surface area (Å²) in [4.78, 5) is 42.4. The van der Waals surface area contributed by atoms with Gasteiger partial charge in [0.1, 0.15) is 11.4 Å². The molecule has 3 heterocycles. The summed E-state index contributed by atoms with van der Waals surface area (Å²) in [7, 11) is 1.25. The second-order valence-electron chi connectivity index (χ2n) is 5.55. The number of fused-ring (bicyclic) bond motifs is 1. The largest absolute Gasteiger partial charge is 0.468 e. The van der Waals surface area contributed by atoms with Crippen LogP contribution >= 0.6 is 34.4 Å². The monoisotopic (exact) mass is 435 g/mol. The summed E-state index contributed by atoms with van der Waals surface area (Å²) >= 11 is 4.11. The number of nitrogens with one attached hydrogen (secondary N) is 1. The lowest BCUT2D eigenvalue weighted by atomic mass is 10.2. The minimum atomic E-state index is -0.527. The summed E-state index contributed by atoms with van der Waals surface area (Å²) < 4.78 is 6.00. The molecule has 3 rings (SSSR count). The molecule has 0 saturated carbocycles. The van der Waals surface area contributed by atoms with Crippen molar-refractivity contribution in [2.45, 2.75) is 11.7 Å². The Morgan fingerprint density at radius 3 is 2.93 bits per heavy atom. The lowest BCUT2D eigenvalue weighted by Gasteiger charge is -2.10. The normalized spacial score (nSPS) is 10.8. The topological polar surface area (TPSA) is 90.3 Å². The number of esters is 1. The Bertz CT molecular complexity index is 1070. The number of allylic oxidation sites excluding steroid dienone is 1. The van der Waals surface area contributed by atoms with Crippen molar-refractivity contribution in [1.29, 1.82) is 0 Å². The number of methoxy groups -OCH3 is 1. The molecule has 0 aliphatic heterocycles. The molecule has 0 fully saturated rings. The van der Waals surface area contributed by atoms with Gasteiger partial charge in [-0.3, -0.25) is 19.0 Å². The van der Waals surface area contributed by atoms with Gasteiger partial charge in [0.05, 0.1) is 18.2 Å². The summed E-state index contributed by atoms with van der Waals surface area (Å²) in [5, 5.41) is 7.37. The van der Waals surface area contributed by atoms with Gasteiger partial charge in [0.2, 0.25) is 5.91 Å². The molecular weight excluding hydrogens is 418 g/mol. The van der Waals surface area contributed by atoms with Crippen LogP contribution in [0.15, 0.2) is 45.5 Å². The van der Waals surface area contributed by atoms with E-state index in [4.69, 9.17) is 0 Å². The third kappa shape index (κ3) is 4.34. The van der Waals surface area contributed by atoms with E-state index in [1.807, 2.05) is 22.9 Å². The van der Waals surface area contributed by atoms with Gasteiger partial charge in [-0.25, -0.2) is 4.98 Å². The van der Waals surface area contributed by atoms with E-state index in [1.165, 1.54) is 23.0 Å². The molecule has 0 bridgehead atoms. The van der Waals surface area contributed by atoms with Crippen LogP contribution in [0.1, 0.15) is 0 Å². The van der Waals surface area contributed by atoms with E-state index in [1.54, 1.807) is 17.4 Å². The molecular formula is C18H17N3O4S3. The molecule has 3 aromatic heterocycles. The Morgan fingerprint density at radius 1 is 1.43 bits per heavy atom. The summed E-state index contributed by atoms with van der Waals surface area (Å²) in [5.41, 5.74) is 0.713. The number of thiophene rings is 2. The zero-order chi connectivity index (χ0) is 20.1. The zero-order valence-electron chi connectivity index (χ0n) is 15.0. The number of amides is 1. The Labute approximate surface area is 173 Å². The van der Waals surface area contributed by atoms with Crippen LogP contribution in [0.25, 0.3) is 20.7 Å². The van der Waals surface area contributed by atoms with Crippen molar-refractivity contribution < 1.29 is 14.3 Å². The number of nitrogens with zero attached hydrogens (tertiary/aromatic N) is 2. The highest BCUT2D eigenvalue weighted by Crippen LogP contribution is 2.34. The number of ether oxygens (including phenoxy) is 1. The van der Waals surface area contributed by atoms with Crippen LogP contribution in [0.2, 0.25) is 0 Å². The average Bonchev–Trinajstić information content (AvgIpc) is 3.36. The first-order chi connectivity index (χ1) is 13.5. The van der Waals surface area contributed by atoms with Gasteiger partial charge in [0.25, 0.3) is 5.56 Å². The molecule has 0 aliphatic carbocycles. The molecule has 146 valence electrons. The van der Waals surface area contributed by atoms with E-state index in [0.717, 1.165) is 22.2 Å². The zero-order valence-corrected chi connectivity index (χ0v) is 17.4. The lowest BCUT2D eigenvalue weighted by Crippen LogP contribution is -2.31. The fourth-order valence-electron chi connectivity index (χ4n) is 2.44. The minimum Gasteiger partial charge on any atom is -0.468 e. The minimum absolute atomic E-state index is 0.0231. The number of carbonyl (C=O) groups excluding carboxylic acids is 2. The van der Waals surface area contributed by atoms with Gasteiger partial charge in [0.15, 0.2) is 5.16 Å². The van der Waals surface area contributed by atoms with Crippen molar-refractivity contribution in [1.82, 2.24) is 14.9 Å². The van der Waals surface area contributed by atoms with Crippen molar-refractivity contribution in [3.8, 4) is 10.4 Å². The number of rotatable bonds is 8. The van der Waals surface area contributed by atoms with Gasteiger partial charge in [-0.15, -0.1) is 29.3 Å². The first kappa shape index (κ1) is 20.3. The average molecular weight is 436 g/mol. The molecule has 0 atom stereocenters. The van der Waals surface area contributed by atoms with E-state index in [-0.39, 0.29) is 30.3 Å². The second kappa shape index (κ2) is 9.18. The van der Waals surface area contributed by atoms with Crippen molar-refractivity contribution in [3.05, 3.63) is 45.9 Å². The van der Waals surface area contributed by atoms with E-state index in [2.05, 4.69) is 21.6 Å². The summed E-state index contributed by atoms with van der Waals surface area (Å²) in [5.74, 6) is -0.851. The molecule has 3 aromatic rings. The van der Waals surface area contributed by atoms with Crippen molar-refractivity contribution in [2.24, 2.45) is 0 Å². The molecule has 0 saturated heterocycles. The predicted octanol–water partition coefficient (Wildman–Crippen LogP) is 2.75. The van der Waals surface area contributed by atoms with Gasteiger partial charge in [-0.2, -0.15) is 0 Å². The third-order valence-electron chi connectivity index (χ3n) is 3.75. The lowest BCUT2D eigenvalue weighted by molar-refractivity contribution is -0.140. The van der Waals surface area contributed by atoms with Crippen LogP contribution in [0.4, 0.5) is 0 Å². The summed E-state index contributed by atoms with van der Waals surface area (Å²) in [6.07, 6.45) is 1.62. The Hall–Kier alpha value is -2.43. The van der Waals surface area contributed by atoms with Crippen LogP contribution in [0, 0.1) is 0 Å². The molecule has 0 unspecified atom stereocenters. The SMILES string of the molecule is C=CCn1c(SCC(=O)NCC(=O)OC)nc2scc(-c3cccs3)c2c1=O. The summed E-state index contributed by atoms with van der Waals surface area (Å²) in [6, 6.07) is 3.91. The van der Waals surface area contributed by atoms with Crippen LogP contribution < -0.4 is 10.9 Å². The quantitative estimate of drug-likeness (QED) is 0.253. The number of thioether (sulfide) groups is 1. The number of carbonyl (C=O) groups is 2. The van der Waals surface area contributed by atoms with Gasteiger partial charge >= 0.3 is 5.97 Å². The highest BCUT2D eigenvalue weighted by atomic mass is 32.2. The number of hydrogen-bond acceptors (Lipinski definition) is 8. The standard InChI is InChI=1S/C18H17N3O4S3/c1-3-6-21-17(24)15-11(12-5-4-7-26-12)9-27-16(15)20-18(21)28-10-13(22)19-8-14(23)25-2/h3-5,7,9H,1,6,8,10H2,2H3,(H,19,22). The first-order valence-corrected chi connectivity index (χ1v) is 10.9. The van der Waals surface area contributed by atoms with Crippen molar-refractivity contribution >= 4 is 56.5 Å². The number of hydrogen-bond donors (Lipinski definition) is 1. The van der Waals surface area contributed by atoms with Gasteiger partial charge in [0, 0.05) is 22.4 Å². The molecule has 10 heteroatoms. The summed E-state index contributed by atoms with van der Waals surface area (Å²) in [6.45, 7) is 3.80. The predicted molar refractivity (Wildman–Crippen MR) is 113 cm³/mol. The maximum Gasteiger partial charge on any atom is 0.325 e. The maximum atomic E-state index is 13.1. The molecule has 0 aromatic carbocycles. The fourth-order valence-corrected chi connectivity index (χ4v) is 5.08. The van der Waals surface area contributed by atoms with E-state index < -0.39 is 5.97 Å². The highest BCUT2D eigenvalue weighted by molar-refractivity contribution is 7.99. The van der Waals surface area contributed by atoms with Crippen molar-refractivity contribution in [2.75, 3.05) is 19.4 Å². The van der Waals surface area contributed by atoms with E-state index in [0.29, 0.717) is 15.4 Å². The Balaban J connectivity index is 1.89. The molecule has 0 aliphatic rings. The molecule has 7 nitrogen and oxygen atoms in total. The molecule has 1 N–H and O–H groups in total. The van der Waals surface area contributed by atoms with Gasteiger partial charge in [-0.05, 0) is 11.4 Å². The molecule has 28 heavy (non-hydrogen) atoms. The smallest absolute Gasteiger partial charge is 0.325 e. The van der Waals surface area contributed by atoms with Gasteiger partial charge in [-0.1, -0.05) is 23.9 Å². The highest BCUT2D eigenvalue weighted by Gasteiger charge is 2.18. The third-order valence-corrected chi connectivity index (χ3v) is 6.50. The van der Waals surface area contributed by atoms with Crippen LogP contribution in [0.3, 0.4) is 0 Å². The van der Waals surface area contributed by atoms with E-state index in [9.17, 15) is 14.4 Å². The number of aromatic nitrogens is 2. The van der Waals surface area contributed by atoms with Crippen molar-refractivity contribution in [3.63, 3.8) is 0 Å². The fraction of sp³-hybridized carbons (Fsp3) is 0.222.